The van der Waals surface area contributed by atoms with Crippen LogP contribution in [0.4, 0.5) is 11.4 Å². The van der Waals surface area contributed by atoms with E-state index >= 15 is 0 Å². The van der Waals surface area contributed by atoms with Crippen molar-refractivity contribution in [3.05, 3.63) is 33.9 Å². The van der Waals surface area contributed by atoms with E-state index in [1.165, 1.54) is 12.1 Å². The van der Waals surface area contributed by atoms with E-state index in [1.807, 2.05) is 0 Å². The molecular formula is C11H15N3O5S. The Labute approximate surface area is 116 Å². The van der Waals surface area contributed by atoms with Crippen molar-refractivity contribution in [1.29, 1.82) is 0 Å². The van der Waals surface area contributed by atoms with Crippen molar-refractivity contribution in [3.63, 3.8) is 0 Å². The van der Waals surface area contributed by atoms with Crippen LogP contribution >= 0.6 is 0 Å². The maximum absolute atomic E-state index is 11.7. The molecule has 9 heteroatoms. The van der Waals surface area contributed by atoms with Gasteiger partial charge in [-0.05, 0) is 18.6 Å². The van der Waals surface area contributed by atoms with Crippen LogP contribution in [0.25, 0.3) is 0 Å². The Hall–Kier alpha value is -2.16. The smallest absolute Gasteiger partial charge is 0.292 e. The lowest BCUT2D eigenvalue weighted by molar-refractivity contribution is -0.383. The van der Waals surface area contributed by atoms with Crippen molar-refractivity contribution >= 4 is 27.1 Å². The number of nitro groups is 1. The number of anilines is 1. The van der Waals surface area contributed by atoms with Crippen molar-refractivity contribution in [2.45, 2.75) is 6.42 Å². The molecule has 0 fully saturated rings. The van der Waals surface area contributed by atoms with Crippen molar-refractivity contribution < 1.29 is 18.1 Å². The molecule has 0 saturated heterocycles. The molecule has 110 valence electrons. The number of carbonyl (C=O) groups is 1. The first kappa shape index (κ1) is 15.9. The highest BCUT2D eigenvalue weighted by molar-refractivity contribution is 7.90. The first-order valence-electron chi connectivity index (χ1n) is 5.70. The topological polar surface area (TPSA) is 132 Å². The zero-order chi connectivity index (χ0) is 15.3. The van der Waals surface area contributed by atoms with Gasteiger partial charge in [-0.25, -0.2) is 8.42 Å². The number of hydrogen-bond acceptors (Lipinski definition) is 6. The minimum atomic E-state index is -3.07. The summed E-state index contributed by atoms with van der Waals surface area (Å²) in [5, 5.41) is 13.2. The summed E-state index contributed by atoms with van der Waals surface area (Å²) in [6.07, 6.45) is 1.39. The number of carbonyl (C=O) groups excluding carboxylic acids is 1. The molecule has 0 aliphatic rings. The van der Waals surface area contributed by atoms with Crippen molar-refractivity contribution in [2.24, 2.45) is 0 Å². The zero-order valence-corrected chi connectivity index (χ0v) is 11.6. The lowest BCUT2D eigenvalue weighted by Crippen LogP contribution is -2.26. The molecule has 0 aliphatic heterocycles. The number of amides is 1. The summed E-state index contributed by atoms with van der Waals surface area (Å²) in [6.45, 7) is 0.171. The number of nitrogens with one attached hydrogen (secondary N) is 1. The Morgan fingerprint density at radius 3 is 2.65 bits per heavy atom. The molecule has 3 N–H and O–H groups in total. The molecule has 1 amide bonds. The van der Waals surface area contributed by atoms with E-state index in [-0.39, 0.29) is 35.7 Å². The molecule has 1 aromatic carbocycles. The van der Waals surface area contributed by atoms with Crippen LogP contribution in [-0.4, -0.2) is 37.8 Å². The van der Waals surface area contributed by atoms with Crippen LogP contribution in [-0.2, 0) is 9.84 Å². The summed E-state index contributed by atoms with van der Waals surface area (Å²) in [7, 11) is -3.07. The lowest BCUT2D eigenvalue weighted by Gasteiger charge is -2.05. The predicted molar refractivity (Wildman–Crippen MR) is 74.2 cm³/mol. The van der Waals surface area contributed by atoms with E-state index in [0.29, 0.717) is 0 Å². The monoisotopic (exact) mass is 301 g/mol. The molecule has 0 spiro atoms. The molecule has 0 saturated carbocycles. The van der Waals surface area contributed by atoms with Gasteiger partial charge in [0.05, 0.1) is 10.7 Å². The summed E-state index contributed by atoms with van der Waals surface area (Å²) in [5.41, 5.74) is 5.16. The van der Waals surface area contributed by atoms with Crippen LogP contribution in [0.3, 0.4) is 0 Å². The summed E-state index contributed by atoms with van der Waals surface area (Å²) >= 11 is 0. The molecule has 1 rings (SSSR count). The number of sulfone groups is 1. The predicted octanol–water partition coefficient (Wildman–Crippen LogP) is 0.342. The molecule has 0 radical (unpaired) electrons. The van der Waals surface area contributed by atoms with Crippen molar-refractivity contribution in [3.8, 4) is 0 Å². The molecule has 8 nitrogen and oxygen atoms in total. The number of benzene rings is 1. The standard InChI is InChI=1S/C11H15N3O5S/c1-20(18,19)6-2-5-13-11(15)8-3-4-9(12)10(7-8)14(16)17/h3-4,7H,2,5-6,12H2,1H3,(H,13,15). The van der Waals surface area contributed by atoms with E-state index in [9.17, 15) is 23.3 Å². The van der Waals surface area contributed by atoms with Gasteiger partial charge in [0.25, 0.3) is 11.6 Å². The van der Waals surface area contributed by atoms with Gasteiger partial charge < -0.3 is 11.1 Å². The summed E-state index contributed by atoms with van der Waals surface area (Å²) in [5.74, 6) is -0.545. The minimum absolute atomic E-state index is 0.0244. The van der Waals surface area contributed by atoms with Gasteiger partial charge in [-0.15, -0.1) is 0 Å². The zero-order valence-electron chi connectivity index (χ0n) is 10.8. The largest absolute Gasteiger partial charge is 0.393 e. The second-order valence-corrected chi connectivity index (χ2v) is 6.53. The third kappa shape index (κ3) is 4.84. The first-order valence-corrected chi connectivity index (χ1v) is 7.76. The Balaban J connectivity index is 2.64. The van der Waals surface area contributed by atoms with Gasteiger partial charge in [0, 0.05) is 24.4 Å². The molecule has 1 aromatic rings. The van der Waals surface area contributed by atoms with E-state index in [4.69, 9.17) is 5.73 Å². The third-order valence-electron chi connectivity index (χ3n) is 2.47. The van der Waals surface area contributed by atoms with Gasteiger partial charge in [-0.1, -0.05) is 0 Å². The fraction of sp³-hybridized carbons (Fsp3) is 0.364. The number of nitrogens with two attached hydrogens (primary N) is 1. The van der Waals surface area contributed by atoms with Crippen molar-refractivity contribution in [2.75, 3.05) is 24.3 Å². The highest BCUT2D eigenvalue weighted by Gasteiger charge is 2.15. The maximum Gasteiger partial charge on any atom is 0.292 e. The van der Waals surface area contributed by atoms with Crippen LogP contribution in [0, 0.1) is 10.1 Å². The number of hydrogen-bond donors (Lipinski definition) is 2. The minimum Gasteiger partial charge on any atom is -0.393 e. The second-order valence-electron chi connectivity index (χ2n) is 4.27. The van der Waals surface area contributed by atoms with Crippen molar-refractivity contribution in [1.82, 2.24) is 5.32 Å². The van der Waals surface area contributed by atoms with Gasteiger partial charge in [0.1, 0.15) is 15.5 Å². The van der Waals surface area contributed by atoms with Gasteiger partial charge in [-0.2, -0.15) is 0 Å². The average molecular weight is 301 g/mol. The van der Waals surface area contributed by atoms with Gasteiger partial charge in [0.2, 0.25) is 0 Å². The normalized spacial score (nSPS) is 11.1. The maximum atomic E-state index is 11.7. The molecule has 0 unspecified atom stereocenters. The summed E-state index contributed by atoms with van der Waals surface area (Å²) < 4.78 is 21.8. The number of nitrogen functional groups attached to an aromatic ring is 1. The van der Waals surface area contributed by atoms with Crippen LogP contribution in [0.2, 0.25) is 0 Å². The molecule has 0 aromatic heterocycles. The number of nitrogens with zero attached hydrogens (tertiary/aromatic N) is 1. The van der Waals surface area contributed by atoms with E-state index < -0.39 is 20.7 Å². The molecule has 0 atom stereocenters. The van der Waals surface area contributed by atoms with Crippen LogP contribution in [0.1, 0.15) is 16.8 Å². The quantitative estimate of drug-likeness (QED) is 0.337. The van der Waals surface area contributed by atoms with E-state index in [1.54, 1.807) is 0 Å². The fourth-order valence-corrected chi connectivity index (χ4v) is 2.15. The van der Waals surface area contributed by atoms with Gasteiger partial charge >= 0.3 is 0 Å². The second kappa shape index (κ2) is 6.33. The fourth-order valence-electron chi connectivity index (χ4n) is 1.48. The highest BCUT2D eigenvalue weighted by Crippen LogP contribution is 2.22. The SMILES string of the molecule is CS(=O)(=O)CCCNC(=O)c1ccc(N)c([N+](=O)[O-])c1. The third-order valence-corrected chi connectivity index (χ3v) is 3.50. The Kier molecular flexibility index (Phi) is 5.03. The molecule has 0 heterocycles. The lowest BCUT2D eigenvalue weighted by atomic mass is 10.1. The average Bonchev–Trinajstić information content (AvgIpc) is 2.33. The molecule has 20 heavy (non-hydrogen) atoms. The Morgan fingerprint density at radius 1 is 1.45 bits per heavy atom. The van der Waals surface area contributed by atoms with E-state index in [0.717, 1.165) is 12.3 Å². The Morgan fingerprint density at radius 2 is 2.10 bits per heavy atom. The van der Waals surface area contributed by atoms with Crippen LogP contribution in [0.15, 0.2) is 18.2 Å². The Bertz CT molecular complexity index is 627. The summed E-state index contributed by atoms with van der Waals surface area (Å²) in [4.78, 5) is 21.8. The number of rotatable bonds is 6. The van der Waals surface area contributed by atoms with Gasteiger partial charge in [0.15, 0.2) is 0 Å². The van der Waals surface area contributed by atoms with E-state index in [2.05, 4.69) is 5.32 Å². The van der Waals surface area contributed by atoms with Gasteiger partial charge in [-0.3, -0.25) is 14.9 Å². The molecule has 0 aliphatic carbocycles. The van der Waals surface area contributed by atoms with Crippen LogP contribution in [0.5, 0.6) is 0 Å². The molecular weight excluding hydrogens is 286 g/mol. The number of nitro benzene ring substituents is 1. The first-order chi connectivity index (χ1) is 9.20. The molecule has 0 bridgehead atoms. The van der Waals surface area contributed by atoms with Crippen LogP contribution < -0.4 is 11.1 Å². The summed E-state index contributed by atoms with van der Waals surface area (Å²) in [6, 6.07) is 3.74. The highest BCUT2D eigenvalue weighted by atomic mass is 32.2.